The Labute approximate surface area is 124 Å². The molecule has 0 spiro atoms. The molecule has 0 unspecified atom stereocenters. The van der Waals surface area contributed by atoms with Gasteiger partial charge in [0.1, 0.15) is 0 Å². The number of amides is 1. The van der Waals surface area contributed by atoms with Crippen LogP contribution < -0.4 is 11.1 Å². The topological polar surface area (TPSA) is 58.4 Å². The van der Waals surface area contributed by atoms with Crippen molar-refractivity contribution in [3.8, 4) is 0 Å². The summed E-state index contributed by atoms with van der Waals surface area (Å²) in [6, 6.07) is 0. The second kappa shape index (κ2) is 8.63. The summed E-state index contributed by atoms with van der Waals surface area (Å²) in [5, 5.41) is 3.04. The highest BCUT2D eigenvalue weighted by molar-refractivity contribution is 5.75. The molecular weight excluding hydrogens is 250 g/mol. The average Bonchev–Trinajstić information content (AvgIpc) is 2.39. The smallest absolute Gasteiger partial charge is 0.220 e. The molecule has 0 bridgehead atoms. The van der Waals surface area contributed by atoms with Crippen LogP contribution in [0.4, 0.5) is 0 Å². The molecule has 4 nitrogen and oxygen atoms in total. The minimum Gasteiger partial charge on any atom is -0.355 e. The number of nitrogens with zero attached hydrogens (tertiary/aromatic N) is 1. The van der Waals surface area contributed by atoms with Crippen molar-refractivity contribution in [3.63, 3.8) is 0 Å². The Morgan fingerprint density at radius 2 is 1.95 bits per heavy atom. The molecule has 1 amide bonds. The molecule has 0 aromatic carbocycles. The van der Waals surface area contributed by atoms with Gasteiger partial charge in [-0.05, 0) is 56.7 Å². The molecular formula is C16H33N3O. The van der Waals surface area contributed by atoms with E-state index >= 15 is 0 Å². The van der Waals surface area contributed by atoms with Crippen molar-refractivity contribution in [2.75, 3.05) is 32.7 Å². The third-order valence-corrected chi connectivity index (χ3v) is 4.48. The molecule has 0 radical (unpaired) electrons. The summed E-state index contributed by atoms with van der Waals surface area (Å²) >= 11 is 0. The molecule has 1 saturated heterocycles. The summed E-state index contributed by atoms with van der Waals surface area (Å²) < 4.78 is 0. The van der Waals surface area contributed by atoms with Crippen molar-refractivity contribution < 1.29 is 4.79 Å². The van der Waals surface area contributed by atoms with Crippen LogP contribution >= 0.6 is 0 Å². The third kappa shape index (κ3) is 7.25. The van der Waals surface area contributed by atoms with Gasteiger partial charge in [0, 0.05) is 19.5 Å². The van der Waals surface area contributed by atoms with E-state index in [-0.39, 0.29) is 11.3 Å². The van der Waals surface area contributed by atoms with Crippen LogP contribution in [0.25, 0.3) is 0 Å². The van der Waals surface area contributed by atoms with E-state index in [4.69, 9.17) is 5.73 Å². The Morgan fingerprint density at radius 1 is 1.30 bits per heavy atom. The Bertz CT molecular complexity index is 283. The fraction of sp³-hybridized carbons (Fsp3) is 0.938. The molecule has 1 aliphatic rings. The molecule has 118 valence electrons. The minimum absolute atomic E-state index is 0.176. The molecule has 1 heterocycles. The molecule has 0 saturated carbocycles. The van der Waals surface area contributed by atoms with Gasteiger partial charge in [0.15, 0.2) is 0 Å². The van der Waals surface area contributed by atoms with Gasteiger partial charge in [0.05, 0.1) is 0 Å². The zero-order valence-corrected chi connectivity index (χ0v) is 13.6. The van der Waals surface area contributed by atoms with Crippen molar-refractivity contribution >= 4 is 5.91 Å². The Kier molecular flexibility index (Phi) is 7.52. The average molecular weight is 283 g/mol. The van der Waals surface area contributed by atoms with Crippen LogP contribution in [-0.4, -0.2) is 43.5 Å². The number of carbonyl (C=O) groups excluding carboxylic acids is 1. The highest BCUT2D eigenvalue weighted by Gasteiger charge is 2.18. The van der Waals surface area contributed by atoms with Crippen LogP contribution in [0.1, 0.15) is 52.9 Å². The zero-order chi connectivity index (χ0) is 15.0. The number of nitrogens with two attached hydrogens (primary N) is 1. The van der Waals surface area contributed by atoms with Gasteiger partial charge in [0.25, 0.3) is 0 Å². The lowest BCUT2D eigenvalue weighted by molar-refractivity contribution is -0.121. The summed E-state index contributed by atoms with van der Waals surface area (Å²) in [6.45, 7) is 11.5. The quantitative estimate of drug-likeness (QED) is 0.716. The van der Waals surface area contributed by atoms with E-state index in [1.54, 1.807) is 0 Å². The second-order valence-electron chi connectivity index (χ2n) is 7.08. The number of nitrogens with one attached hydrogen (secondary N) is 1. The molecule has 1 fully saturated rings. The summed E-state index contributed by atoms with van der Waals surface area (Å²) in [5.74, 6) is 1.05. The number of rotatable bonds is 8. The fourth-order valence-electron chi connectivity index (χ4n) is 2.70. The number of piperidine rings is 1. The predicted molar refractivity (Wildman–Crippen MR) is 84.5 cm³/mol. The molecule has 1 aliphatic heterocycles. The summed E-state index contributed by atoms with van der Waals surface area (Å²) in [6.07, 6.45) is 5.09. The fourth-order valence-corrected chi connectivity index (χ4v) is 2.70. The highest BCUT2D eigenvalue weighted by Crippen LogP contribution is 2.25. The van der Waals surface area contributed by atoms with Crippen molar-refractivity contribution in [1.82, 2.24) is 10.2 Å². The van der Waals surface area contributed by atoms with Crippen molar-refractivity contribution in [3.05, 3.63) is 0 Å². The van der Waals surface area contributed by atoms with Gasteiger partial charge in [0.2, 0.25) is 5.91 Å². The lowest BCUT2D eigenvalue weighted by Gasteiger charge is -2.30. The van der Waals surface area contributed by atoms with Gasteiger partial charge in [-0.2, -0.15) is 0 Å². The number of hydrogen-bond acceptors (Lipinski definition) is 3. The van der Waals surface area contributed by atoms with Crippen LogP contribution in [0, 0.1) is 11.3 Å². The van der Waals surface area contributed by atoms with Crippen LogP contribution in [-0.2, 0) is 4.79 Å². The molecule has 0 atom stereocenters. The zero-order valence-electron chi connectivity index (χ0n) is 13.6. The standard InChI is InChI=1S/C16H33N3O/c1-14-5-11-19(12-6-14)13-10-18-15(20)4-7-16(2,3)8-9-17/h14H,4-13,17H2,1-3H3,(H,18,20). The van der Waals surface area contributed by atoms with Crippen molar-refractivity contribution in [2.45, 2.75) is 52.9 Å². The van der Waals surface area contributed by atoms with E-state index < -0.39 is 0 Å². The lowest BCUT2D eigenvalue weighted by atomic mass is 9.84. The molecule has 1 rings (SSSR count). The normalized spacial score (nSPS) is 18.2. The van der Waals surface area contributed by atoms with Crippen LogP contribution in [0.5, 0.6) is 0 Å². The second-order valence-corrected chi connectivity index (χ2v) is 7.08. The number of likely N-dealkylation sites (tertiary alicyclic amines) is 1. The van der Waals surface area contributed by atoms with E-state index in [1.165, 1.54) is 25.9 Å². The molecule has 4 heteroatoms. The monoisotopic (exact) mass is 283 g/mol. The van der Waals surface area contributed by atoms with Gasteiger partial charge in [-0.3, -0.25) is 4.79 Å². The van der Waals surface area contributed by atoms with E-state index in [2.05, 4.69) is 31.0 Å². The van der Waals surface area contributed by atoms with Gasteiger partial charge < -0.3 is 16.0 Å². The highest BCUT2D eigenvalue weighted by atomic mass is 16.1. The molecule has 20 heavy (non-hydrogen) atoms. The van der Waals surface area contributed by atoms with Gasteiger partial charge >= 0.3 is 0 Å². The Hall–Kier alpha value is -0.610. The number of carbonyl (C=O) groups is 1. The van der Waals surface area contributed by atoms with Gasteiger partial charge in [-0.25, -0.2) is 0 Å². The molecule has 0 aliphatic carbocycles. The molecule has 0 aromatic rings. The van der Waals surface area contributed by atoms with E-state index in [0.717, 1.165) is 31.8 Å². The Morgan fingerprint density at radius 3 is 2.55 bits per heavy atom. The Balaban J connectivity index is 2.08. The summed E-state index contributed by atoms with van der Waals surface area (Å²) in [5.41, 5.74) is 5.76. The van der Waals surface area contributed by atoms with Crippen LogP contribution in [0.3, 0.4) is 0 Å². The van der Waals surface area contributed by atoms with E-state index in [0.29, 0.717) is 13.0 Å². The predicted octanol–water partition coefficient (Wildman–Crippen LogP) is 1.99. The molecule has 3 N–H and O–H groups in total. The first-order valence-electron chi connectivity index (χ1n) is 8.12. The molecule has 0 aromatic heterocycles. The SMILES string of the molecule is CC1CCN(CCNC(=O)CCC(C)(C)CCN)CC1. The minimum atomic E-state index is 0.176. The maximum absolute atomic E-state index is 11.8. The summed E-state index contributed by atoms with van der Waals surface area (Å²) in [4.78, 5) is 14.3. The maximum atomic E-state index is 11.8. The van der Waals surface area contributed by atoms with Crippen molar-refractivity contribution in [1.29, 1.82) is 0 Å². The van der Waals surface area contributed by atoms with Crippen molar-refractivity contribution in [2.24, 2.45) is 17.1 Å². The van der Waals surface area contributed by atoms with Crippen LogP contribution in [0.2, 0.25) is 0 Å². The largest absolute Gasteiger partial charge is 0.355 e. The summed E-state index contributed by atoms with van der Waals surface area (Å²) in [7, 11) is 0. The van der Waals surface area contributed by atoms with E-state index in [9.17, 15) is 4.79 Å². The lowest BCUT2D eigenvalue weighted by Crippen LogP contribution is -2.39. The number of hydrogen-bond donors (Lipinski definition) is 2. The van der Waals surface area contributed by atoms with Gasteiger partial charge in [-0.1, -0.05) is 20.8 Å². The third-order valence-electron chi connectivity index (χ3n) is 4.48. The van der Waals surface area contributed by atoms with Crippen LogP contribution in [0.15, 0.2) is 0 Å². The van der Waals surface area contributed by atoms with Gasteiger partial charge in [-0.15, -0.1) is 0 Å². The van der Waals surface area contributed by atoms with E-state index in [1.807, 2.05) is 0 Å². The first-order valence-corrected chi connectivity index (χ1v) is 8.12. The first-order chi connectivity index (χ1) is 9.43. The first kappa shape index (κ1) is 17.4. The maximum Gasteiger partial charge on any atom is 0.220 e.